The summed E-state index contributed by atoms with van der Waals surface area (Å²) in [6.45, 7) is 5.75. The summed E-state index contributed by atoms with van der Waals surface area (Å²) in [4.78, 5) is 26.1. The van der Waals surface area contributed by atoms with Gasteiger partial charge in [-0.25, -0.2) is 4.79 Å². The van der Waals surface area contributed by atoms with E-state index in [2.05, 4.69) is 5.32 Å². The number of carbonyl (C=O) groups excluding carboxylic acids is 2. The van der Waals surface area contributed by atoms with Crippen LogP contribution >= 0.6 is 11.3 Å². The number of aryl methyl sites for hydroxylation is 2. The van der Waals surface area contributed by atoms with Crippen LogP contribution in [0.2, 0.25) is 0 Å². The Morgan fingerprint density at radius 1 is 1.03 bits per heavy atom. The zero-order valence-corrected chi connectivity index (χ0v) is 17.5. The second kappa shape index (κ2) is 9.39. The Balaban J connectivity index is 1.84. The molecule has 5 nitrogen and oxygen atoms in total. The third kappa shape index (κ3) is 5.03. The van der Waals surface area contributed by atoms with E-state index in [-0.39, 0.29) is 19.1 Å². The molecule has 1 aromatic heterocycles. The third-order valence-electron chi connectivity index (χ3n) is 4.24. The van der Waals surface area contributed by atoms with Crippen molar-refractivity contribution in [1.29, 1.82) is 0 Å². The molecule has 6 heteroatoms. The number of anilines is 1. The average Bonchev–Trinajstić information content (AvgIpc) is 3.03. The van der Waals surface area contributed by atoms with Crippen molar-refractivity contribution in [2.45, 2.75) is 20.8 Å². The molecule has 3 aromatic rings. The Morgan fingerprint density at radius 2 is 1.79 bits per heavy atom. The molecular formula is C23H23NO4S. The predicted molar refractivity (Wildman–Crippen MR) is 116 cm³/mol. The van der Waals surface area contributed by atoms with Gasteiger partial charge in [-0.2, -0.15) is 0 Å². The summed E-state index contributed by atoms with van der Waals surface area (Å²) < 4.78 is 10.8. The van der Waals surface area contributed by atoms with Gasteiger partial charge in [-0.3, -0.25) is 4.79 Å². The summed E-state index contributed by atoms with van der Waals surface area (Å²) in [5.74, 6) is -0.165. The van der Waals surface area contributed by atoms with Crippen molar-refractivity contribution in [3.05, 3.63) is 70.6 Å². The van der Waals surface area contributed by atoms with Crippen LogP contribution in [0, 0.1) is 13.8 Å². The van der Waals surface area contributed by atoms with E-state index in [0.717, 1.165) is 21.6 Å². The van der Waals surface area contributed by atoms with Crippen molar-refractivity contribution in [2.24, 2.45) is 0 Å². The molecule has 0 saturated heterocycles. The lowest BCUT2D eigenvalue weighted by molar-refractivity contribution is -0.118. The van der Waals surface area contributed by atoms with Crippen LogP contribution in [-0.4, -0.2) is 25.1 Å². The quantitative estimate of drug-likeness (QED) is 0.543. The highest BCUT2D eigenvalue weighted by molar-refractivity contribution is 7.17. The highest BCUT2D eigenvalue weighted by atomic mass is 32.1. The molecule has 0 fully saturated rings. The summed E-state index contributed by atoms with van der Waals surface area (Å²) in [7, 11) is 0. The van der Waals surface area contributed by atoms with Crippen LogP contribution in [0.1, 0.15) is 27.7 Å². The number of amides is 1. The molecule has 0 saturated carbocycles. The van der Waals surface area contributed by atoms with E-state index >= 15 is 0 Å². The minimum atomic E-state index is -0.453. The lowest BCUT2D eigenvalue weighted by Gasteiger charge is -2.10. The summed E-state index contributed by atoms with van der Waals surface area (Å²) >= 11 is 1.35. The Hall–Kier alpha value is -3.12. The first-order valence-corrected chi connectivity index (χ1v) is 10.2. The minimum Gasteiger partial charge on any atom is -0.484 e. The molecule has 0 unspecified atom stereocenters. The molecule has 2 aromatic carbocycles. The van der Waals surface area contributed by atoms with Gasteiger partial charge < -0.3 is 14.8 Å². The standard InChI is InChI=1S/C23H23NO4S/c1-4-27-23(26)21-20(17-10-6-5-7-11-17)16(3)29-22(21)24-19(25)14-28-18-12-8-9-15(2)13-18/h5-13H,4,14H2,1-3H3,(H,24,25). The molecule has 3 rings (SSSR count). The molecule has 0 radical (unpaired) electrons. The lowest BCUT2D eigenvalue weighted by Crippen LogP contribution is -2.21. The van der Waals surface area contributed by atoms with Crippen LogP contribution in [0.3, 0.4) is 0 Å². The smallest absolute Gasteiger partial charge is 0.341 e. The normalized spacial score (nSPS) is 10.4. The molecule has 150 valence electrons. The number of hydrogen-bond acceptors (Lipinski definition) is 5. The van der Waals surface area contributed by atoms with Crippen molar-refractivity contribution in [2.75, 3.05) is 18.5 Å². The van der Waals surface area contributed by atoms with Gasteiger partial charge in [0, 0.05) is 10.4 Å². The van der Waals surface area contributed by atoms with Gasteiger partial charge in [0.1, 0.15) is 16.3 Å². The van der Waals surface area contributed by atoms with Crippen LogP contribution in [0.5, 0.6) is 5.75 Å². The molecule has 1 heterocycles. The van der Waals surface area contributed by atoms with Gasteiger partial charge in [0.25, 0.3) is 5.91 Å². The second-order valence-corrected chi connectivity index (χ2v) is 7.70. The second-order valence-electron chi connectivity index (χ2n) is 6.48. The number of benzene rings is 2. The highest BCUT2D eigenvalue weighted by Crippen LogP contribution is 2.40. The largest absolute Gasteiger partial charge is 0.484 e. The maximum atomic E-state index is 12.7. The van der Waals surface area contributed by atoms with Gasteiger partial charge in [0.2, 0.25) is 0 Å². The fourth-order valence-electron chi connectivity index (χ4n) is 3.00. The number of hydrogen-bond donors (Lipinski definition) is 1. The number of nitrogens with one attached hydrogen (secondary N) is 1. The zero-order valence-electron chi connectivity index (χ0n) is 16.7. The molecule has 0 aliphatic carbocycles. The third-order valence-corrected chi connectivity index (χ3v) is 5.26. The minimum absolute atomic E-state index is 0.149. The van der Waals surface area contributed by atoms with E-state index in [4.69, 9.17) is 9.47 Å². The summed E-state index contributed by atoms with van der Waals surface area (Å²) in [6, 6.07) is 17.1. The molecule has 0 atom stereocenters. The van der Waals surface area contributed by atoms with Gasteiger partial charge in [0.05, 0.1) is 6.61 Å². The first-order valence-electron chi connectivity index (χ1n) is 9.34. The summed E-state index contributed by atoms with van der Waals surface area (Å²) in [6.07, 6.45) is 0. The number of rotatable bonds is 7. The van der Waals surface area contributed by atoms with Gasteiger partial charge in [0.15, 0.2) is 6.61 Å². The maximum absolute atomic E-state index is 12.7. The van der Waals surface area contributed by atoms with E-state index in [0.29, 0.717) is 16.3 Å². The highest BCUT2D eigenvalue weighted by Gasteiger charge is 2.25. The Labute approximate surface area is 174 Å². The van der Waals surface area contributed by atoms with Crippen LogP contribution in [0.15, 0.2) is 54.6 Å². The zero-order chi connectivity index (χ0) is 20.8. The molecular weight excluding hydrogens is 386 g/mol. The number of thiophene rings is 1. The summed E-state index contributed by atoms with van der Waals surface area (Å²) in [5.41, 5.74) is 3.11. The fourth-order valence-corrected chi connectivity index (χ4v) is 4.08. The Morgan fingerprint density at radius 3 is 2.48 bits per heavy atom. The summed E-state index contributed by atoms with van der Waals surface area (Å²) in [5, 5.41) is 3.29. The van der Waals surface area contributed by atoms with Crippen molar-refractivity contribution in [1.82, 2.24) is 0 Å². The number of carbonyl (C=O) groups is 2. The molecule has 1 N–H and O–H groups in total. The van der Waals surface area contributed by atoms with Gasteiger partial charge in [-0.15, -0.1) is 11.3 Å². The van der Waals surface area contributed by atoms with Gasteiger partial charge >= 0.3 is 5.97 Å². The van der Waals surface area contributed by atoms with Crippen LogP contribution in [0.25, 0.3) is 11.1 Å². The molecule has 29 heavy (non-hydrogen) atoms. The molecule has 1 amide bonds. The number of ether oxygens (including phenoxy) is 2. The molecule has 0 aliphatic heterocycles. The predicted octanol–water partition coefficient (Wildman–Crippen LogP) is 5.23. The van der Waals surface area contributed by atoms with E-state index in [9.17, 15) is 9.59 Å². The van der Waals surface area contributed by atoms with Crippen molar-refractivity contribution in [3.63, 3.8) is 0 Å². The first-order chi connectivity index (χ1) is 14.0. The van der Waals surface area contributed by atoms with Crippen LogP contribution in [-0.2, 0) is 9.53 Å². The van der Waals surface area contributed by atoms with E-state index in [1.807, 2.05) is 62.4 Å². The number of esters is 1. The SMILES string of the molecule is CCOC(=O)c1c(NC(=O)COc2cccc(C)c2)sc(C)c1-c1ccccc1. The molecule has 0 spiro atoms. The van der Waals surface area contributed by atoms with Crippen molar-refractivity contribution < 1.29 is 19.1 Å². The average molecular weight is 410 g/mol. The Bertz CT molecular complexity index is 1010. The van der Waals surface area contributed by atoms with Crippen LogP contribution in [0.4, 0.5) is 5.00 Å². The first kappa shape index (κ1) is 20.6. The van der Waals surface area contributed by atoms with Crippen molar-refractivity contribution in [3.8, 4) is 16.9 Å². The fraction of sp³-hybridized carbons (Fsp3) is 0.217. The van der Waals surface area contributed by atoms with E-state index < -0.39 is 5.97 Å². The van der Waals surface area contributed by atoms with E-state index in [1.54, 1.807) is 13.0 Å². The molecule has 0 aliphatic rings. The lowest BCUT2D eigenvalue weighted by atomic mass is 10.0. The topological polar surface area (TPSA) is 64.6 Å². The molecule has 0 bridgehead atoms. The maximum Gasteiger partial charge on any atom is 0.341 e. The monoisotopic (exact) mass is 409 g/mol. The van der Waals surface area contributed by atoms with E-state index in [1.165, 1.54) is 11.3 Å². The van der Waals surface area contributed by atoms with Gasteiger partial charge in [-0.05, 0) is 44.0 Å². The van der Waals surface area contributed by atoms with Crippen LogP contribution < -0.4 is 10.1 Å². The van der Waals surface area contributed by atoms with Crippen molar-refractivity contribution >= 4 is 28.2 Å². The Kier molecular flexibility index (Phi) is 6.67. The van der Waals surface area contributed by atoms with Gasteiger partial charge in [-0.1, -0.05) is 42.5 Å².